The maximum Gasteiger partial charge on any atom is 0.271 e. The van der Waals surface area contributed by atoms with E-state index in [0.29, 0.717) is 10.8 Å². The number of hydrogen-bond acceptors (Lipinski definition) is 5. The Morgan fingerprint density at radius 3 is 3.06 bits per heavy atom. The Morgan fingerprint density at radius 1 is 1.59 bits per heavy atom. The van der Waals surface area contributed by atoms with E-state index < -0.39 is 0 Å². The minimum absolute atomic E-state index is 0.174. The van der Waals surface area contributed by atoms with Crippen LogP contribution in [0.15, 0.2) is 5.38 Å². The minimum atomic E-state index is -0.189. The van der Waals surface area contributed by atoms with Gasteiger partial charge in [-0.1, -0.05) is 0 Å². The molecule has 0 bridgehead atoms. The van der Waals surface area contributed by atoms with Gasteiger partial charge in [-0.05, 0) is 13.0 Å². The molecule has 17 heavy (non-hydrogen) atoms. The quantitative estimate of drug-likeness (QED) is 0.719. The van der Waals surface area contributed by atoms with Gasteiger partial charge >= 0.3 is 0 Å². The van der Waals surface area contributed by atoms with Crippen LogP contribution in [0, 0.1) is 0 Å². The number of carbonyl (C=O) groups is 2. The normalized spacial score (nSPS) is 19.0. The van der Waals surface area contributed by atoms with E-state index >= 15 is 0 Å². The zero-order valence-corrected chi connectivity index (χ0v) is 10.3. The highest BCUT2D eigenvalue weighted by Gasteiger charge is 2.19. The lowest BCUT2D eigenvalue weighted by Crippen LogP contribution is -2.36. The van der Waals surface area contributed by atoms with E-state index in [2.05, 4.69) is 20.9 Å². The maximum absolute atomic E-state index is 11.8. The SMILES string of the molecule is CC(=O)Nc1nc(C(=O)NC2CCNC2)cs1. The molecule has 0 spiro atoms. The van der Waals surface area contributed by atoms with Crippen molar-refractivity contribution in [1.29, 1.82) is 0 Å². The van der Waals surface area contributed by atoms with Crippen molar-refractivity contribution in [2.24, 2.45) is 0 Å². The summed E-state index contributed by atoms with van der Waals surface area (Å²) >= 11 is 1.24. The molecule has 1 aromatic rings. The molecule has 1 atom stereocenters. The first-order valence-corrected chi connectivity index (χ1v) is 6.28. The number of carbonyl (C=O) groups excluding carboxylic acids is 2. The first kappa shape index (κ1) is 12.0. The molecule has 1 saturated heterocycles. The van der Waals surface area contributed by atoms with Crippen molar-refractivity contribution in [1.82, 2.24) is 15.6 Å². The summed E-state index contributed by atoms with van der Waals surface area (Å²) in [5.74, 6) is -0.377. The van der Waals surface area contributed by atoms with Crippen LogP contribution in [0.3, 0.4) is 0 Å². The summed E-state index contributed by atoms with van der Waals surface area (Å²) in [7, 11) is 0. The van der Waals surface area contributed by atoms with Gasteiger partial charge in [0.15, 0.2) is 5.13 Å². The largest absolute Gasteiger partial charge is 0.347 e. The lowest BCUT2D eigenvalue weighted by Gasteiger charge is -2.09. The highest BCUT2D eigenvalue weighted by molar-refractivity contribution is 7.14. The number of nitrogens with zero attached hydrogens (tertiary/aromatic N) is 1. The summed E-state index contributed by atoms with van der Waals surface area (Å²) in [6, 6.07) is 0.174. The van der Waals surface area contributed by atoms with Crippen LogP contribution in [0.1, 0.15) is 23.8 Å². The van der Waals surface area contributed by atoms with Crippen LogP contribution < -0.4 is 16.0 Å². The predicted octanol–water partition coefficient (Wildman–Crippen LogP) is 0.193. The smallest absolute Gasteiger partial charge is 0.271 e. The number of aromatic nitrogens is 1. The van der Waals surface area contributed by atoms with Gasteiger partial charge in [0.25, 0.3) is 5.91 Å². The van der Waals surface area contributed by atoms with Crippen molar-refractivity contribution < 1.29 is 9.59 Å². The van der Waals surface area contributed by atoms with Crippen LogP contribution in [-0.2, 0) is 4.79 Å². The van der Waals surface area contributed by atoms with Gasteiger partial charge in [0.1, 0.15) is 5.69 Å². The van der Waals surface area contributed by atoms with Crippen molar-refractivity contribution in [2.45, 2.75) is 19.4 Å². The van der Waals surface area contributed by atoms with Crippen LogP contribution in [0.2, 0.25) is 0 Å². The van der Waals surface area contributed by atoms with Crippen LogP contribution in [0.25, 0.3) is 0 Å². The van der Waals surface area contributed by atoms with E-state index in [0.717, 1.165) is 19.5 Å². The first-order chi connectivity index (χ1) is 8.15. The molecule has 1 aliphatic heterocycles. The highest BCUT2D eigenvalue weighted by atomic mass is 32.1. The Labute approximate surface area is 103 Å². The summed E-state index contributed by atoms with van der Waals surface area (Å²) in [6.07, 6.45) is 0.939. The molecule has 1 aromatic heterocycles. The van der Waals surface area contributed by atoms with Gasteiger partial charge in [-0.25, -0.2) is 4.98 Å². The number of anilines is 1. The Kier molecular flexibility index (Phi) is 3.70. The van der Waals surface area contributed by atoms with E-state index in [1.165, 1.54) is 18.3 Å². The molecule has 2 amide bonds. The van der Waals surface area contributed by atoms with E-state index in [1.54, 1.807) is 5.38 Å². The van der Waals surface area contributed by atoms with Crippen molar-refractivity contribution in [3.63, 3.8) is 0 Å². The average molecular weight is 254 g/mol. The fraction of sp³-hybridized carbons (Fsp3) is 0.500. The van der Waals surface area contributed by atoms with E-state index in [-0.39, 0.29) is 17.9 Å². The number of nitrogens with one attached hydrogen (secondary N) is 3. The number of hydrogen-bond donors (Lipinski definition) is 3. The number of amides is 2. The monoisotopic (exact) mass is 254 g/mol. The first-order valence-electron chi connectivity index (χ1n) is 5.40. The summed E-state index contributed by atoms with van der Waals surface area (Å²) in [4.78, 5) is 26.7. The molecule has 2 rings (SSSR count). The fourth-order valence-corrected chi connectivity index (χ4v) is 2.36. The molecule has 92 valence electrons. The molecule has 0 aliphatic carbocycles. The van der Waals surface area contributed by atoms with Gasteiger partial charge in [-0.3, -0.25) is 9.59 Å². The van der Waals surface area contributed by atoms with Crippen molar-refractivity contribution in [2.75, 3.05) is 18.4 Å². The Hall–Kier alpha value is -1.47. The molecule has 6 nitrogen and oxygen atoms in total. The second kappa shape index (κ2) is 5.24. The second-order valence-corrected chi connectivity index (χ2v) is 4.74. The Bertz CT molecular complexity index is 426. The van der Waals surface area contributed by atoms with Crippen LogP contribution >= 0.6 is 11.3 Å². The summed E-state index contributed by atoms with van der Waals surface area (Å²) in [5.41, 5.74) is 0.352. The fourth-order valence-electron chi connectivity index (χ4n) is 1.62. The van der Waals surface area contributed by atoms with Gasteiger partial charge in [-0.15, -0.1) is 11.3 Å². The van der Waals surface area contributed by atoms with Gasteiger partial charge in [-0.2, -0.15) is 0 Å². The zero-order chi connectivity index (χ0) is 12.3. The molecule has 1 aliphatic rings. The molecule has 0 radical (unpaired) electrons. The minimum Gasteiger partial charge on any atom is -0.347 e. The highest BCUT2D eigenvalue weighted by Crippen LogP contribution is 2.15. The third-order valence-corrected chi connectivity index (χ3v) is 3.17. The Morgan fingerprint density at radius 2 is 2.41 bits per heavy atom. The standard InChI is InChI=1S/C10H14N4O2S/c1-6(15)12-10-14-8(5-17-10)9(16)13-7-2-3-11-4-7/h5,7,11H,2-4H2,1H3,(H,13,16)(H,12,14,15). The molecule has 1 fully saturated rings. The molecule has 3 N–H and O–H groups in total. The summed E-state index contributed by atoms with van der Waals surface area (Å²) in [5, 5.41) is 10.7. The molecule has 0 saturated carbocycles. The number of thiazole rings is 1. The molecule has 2 heterocycles. The lowest BCUT2D eigenvalue weighted by molar-refractivity contribution is -0.114. The number of rotatable bonds is 3. The summed E-state index contributed by atoms with van der Waals surface area (Å²) in [6.45, 7) is 3.14. The predicted molar refractivity (Wildman–Crippen MR) is 65.2 cm³/mol. The molecule has 7 heteroatoms. The van der Waals surface area contributed by atoms with Gasteiger partial charge in [0.05, 0.1) is 0 Å². The zero-order valence-electron chi connectivity index (χ0n) is 9.45. The molecular formula is C10H14N4O2S. The van der Waals surface area contributed by atoms with Gasteiger partial charge < -0.3 is 16.0 Å². The van der Waals surface area contributed by atoms with Crippen LogP contribution in [-0.4, -0.2) is 35.9 Å². The average Bonchev–Trinajstić information content (AvgIpc) is 2.87. The second-order valence-electron chi connectivity index (χ2n) is 3.88. The van der Waals surface area contributed by atoms with Gasteiger partial charge in [0, 0.05) is 24.9 Å². The maximum atomic E-state index is 11.8. The van der Waals surface area contributed by atoms with Crippen molar-refractivity contribution in [3.05, 3.63) is 11.1 Å². The third kappa shape index (κ3) is 3.24. The van der Waals surface area contributed by atoms with Crippen LogP contribution in [0.4, 0.5) is 5.13 Å². The molecule has 1 unspecified atom stereocenters. The van der Waals surface area contributed by atoms with Crippen molar-refractivity contribution >= 4 is 28.3 Å². The van der Waals surface area contributed by atoms with E-state index in [9.17, 15) is 9.59 Å². The molecule has 0 aromatic carbocycles. The Balaban J connectivity index is 1.94. The van der Waals surface area contributed by atoms with Gasteiger partial charge in [0.2, 0.25) is 5.91 Å². The summed E-state index contributed by atoms with van der Waals surface area (Å²) < 4.78 is 0. The molecular weight excluding hydrogens is 240 g/mol. The van der Waals surface area contributed by atoms with E-state index in [4.69, 9.17) is 0 Å². The van der Waals surface area contributed by atoms with Crippen LogP contribution in [0.5, 0.6) is 0 Å². The third-order valence-electron chi connectivity index (χ3n) is 2.42. The topological polar surface area (TPSA) is 83.1 Å². The van der Waals surface area contributed by atoms with Crippen molar-refractivity contribution in [3.8, 4) is 0 Å². The van der Waals surface area contributed by atoms with E-state index in [1.807, 2.05) is 0 Å². The lowest BCUT2D eigenvalue weighted by atomic mass is 10.2.